The molecule has 1 rings (SSSR count). The highest BCUT2D eigenvalue weighted by molar-refractivity contribution is 4.89. The van der Waals surface area contributed by atoms with Crippen LogP contribution in [0, 0.1) is 0 Å². The lowest BCUT2D eigenvalue weighted by molar-refractivity contribution is 0.0136. The number of hydrogen-bond donors (Lipinski definition) is 1. The van der Waals surface area contributed by atoms with Gasteiger partial charge in [-0.25, -0.2) is 0 Å². The van der Waals surface area contributed by atoms with Crippen molar-refractivity contribution in [3.05, 3.63) is 0 Å². The van der Waals surface area contributed by atoms with Crippen molar-refractivity contribution in [2.45, 2.75) is 50.7 Å². The van der Waals surface area contributed by atoms with Crippen LogP contribution in [0.5, 0.6) is 0 Å². The molecule has 0 aromatic carbocycles. The fraction of sp³-hybridized carbons (Fsp3) is 1.00. The summed E-state index contributed by atoms with van der Waals surface area (Å²) in [4.78, 5) is 0. The quantitative estimate of drug-likeness (QED) is 0.711. The molecular formula is C11H23NO2. The number of methoxy groups -OCH3 is 1. The first kappa shape index (κ1) is 12.0. The lowest BCUT2D eigenvalue weighted by atomic mass is 10.0. The van der Waals surface area contributed by atoms with Gasteiger partial charge >= 0.3 is 0 Å². The van der Waals surface area contributed by atoms with Crippen molar-refractivity contribution >= 4 is 0 Å². The average molecular weight is 201 g/mol. The van der Waals surface area contributed by atoms with E-state index in [9.17, 15) is 0 Å². The number of nitrogens with two attached hydrogens (primary N) is 1. The Kier molecular flexibility index (Phi) is 4.85. The third-order valence-corrected chi connectivity index (χ3v) is 2.98. The van der Waals surface area contributed by atoms with Gasteiger partial charge in [0.2, 0.25) is 0 Å². The minimum Gasteiger partial charge on any atom is -0.385 e. The van der Waals surface area contributed by atoms with E-state index in [1.165, 1.54) is 12.8 Å². The summed E-state index contributed by atoms with van der Waals surface area (Å²) in [6.45, 7) is 3.55. The maximum atomic E-state index is 6.18. The first-order chi connectivity index (χ1) is 6.66. The zero-order chi connectivity index (χ0) is 10.4. The maximum absolute atomic E-state index is 6.18. The highest BCUT2D eigenvalue weighted by Crippen LogP contribution is 2.27. The number of hydrogen-bond acceptors (Lipinski definition) is 3. The minimum absolute atomic E-state index is 0.0403. The van der Waals surface area contributed by atoms with Crippen molar-refractivity contribution < 1.29 is 9.47 Å². The highest BCUT2D eigenvalue weighted by atomic mass is 16.5. The van der Waals surface area contributed by atoms with Crippen molar-refractivity contribution in [2.24, 2.45) is 5.73 Å². The second-order valence-electron chi connectivity index (χ2n) is 4.47. The van der Waals surface area contributed by atoms with Gasteiger partial charge < -0.3 is 15.2 Å². The molecule has 2 N–H and O–H groups in total. The zero-order valence-electron chi connectivity index (χ0n) is 9.42. The van der Waals surface area contributed by atoms with Gasteiger partial charge in [-0.05, 0) is 26.2 Å². The average Bonchev–Trinajstić information content (AvgIpc) is 2.60. The Bertz CT molecular complexity index is 155. The zero-order valence-corrected chi connectivity index (χ0v) is 9.42. The first-order valence-corrected chi connectivity index (χ1v) is 5.56. The standard InChI is InChI=1S/C11H23NO2/c1-10(5-8-13-2)14-9-11(12)6-3-4-7-11/h10H,3-9,12H2,1-2H3. The molecule has 1 saturated carbocycles. The van der Waals surface area contributed by atoms with Crippen molar-refractivity contribution in [2.75, 3.05) is 20.3 Å². The van der Waals surface area contributed by atoms with Crippen LogP contribution in [0.1, 0.15) is 39.0 Å². The molecule has 14 heavy (non-hydrogen) atoms. The molecule has 1 unspecified atom stereocenters. The molecule has 1 fully saturated rings. The highest BCUT2D eigenvalue weighted by Gasteiger charge is 2.29. The van der Waals surface area contributed by atoms with E-state index in [0.29, 0.717) is 6.61 Å². The summed E-state index contributed by atoms with van der Waals surface area (Å²) in [5.74, 6) is 0. The Morgan fingerprint density at radius 2 is 2.00 bits per heavy atom. The monoisotopic (exact) mass is 201 g/mol. The molecule has 0 amide bonds. The van der Waals surface area contributed by atoms with E-state index in [2.05, 4.69) is 6.92 Å². The molecule has 0 aromatic rings. The summed E-state index contributed by atoms with van der Waals surface area (Å²) in [7, 11) is 1.72. The van der Waals surface area contributed by atoms with Crippen LogP contribution in [0.15, 0.2) is 0 Å². The molecule has 1 aliphatic carbocycles. The van der Waals surface area contributed by atoms with E-state index < -0.39 is 0 Å². The van der Waals surface area contributed by atoms with E-state index in [-0.39, 0.29) is 11.6 Å². The summed E-state index contributed by atoms with van der Waals surface area (Å²) >= 11 is 0. The van der Waals surface area contributed by atoms with E-state index in [0.717, 1.165) is 25.9 Å². The van der Waals surface area contributed by atoms with Gasteiger partial charge in [0.05, 0.1) is 12.7 Å². The molecule has 84 valence electrons. The Balaban J connectivity index is 2.12. The largest absolute Gasteiger partial charge is 0.385 e. The molecule has 0 heterocycles. The van der Waals surface area contributed by atoms with Gasteiger partial charge in [0.1, 0.15) is 0 Å². The second kappa shape index (κ2) is 5.69. The Hall–Kier alpha value is -0.120. The Morgan fingerprint density at radius 1 is 1.36 bits per heavy atom. The van der Waals surface area contributed by atoms with E-state index in [1.807, 2.05) is 0 Å². The van der Waals surface area contributed by atoms with Crippen molar-refractivity contribution in [3.63, 3.8) is 0 Å². The summed E-state index contributed by atoms with van der Waals surface area (Å²) in [5, 5.41) is 0. The normalized spacial score (nSPS) is 22.5. The van der Waals surface area contributed by atoms with Crippen LogP contribution >= 0.6 is 0 Å². The van der Waals surface area contributed by atoms with Gasteiger partial charge in [-0.1, -0.05) is 12.8 Å². The minimum atomic E-state index is -0.0403. The molecule has 1 atom stereocenters. The van der Waals surface area contributed by atoms with Crippen LogP contribution in [-0.2, 0) is 9.47 Å². The summed E-state index contributed by atoms with van der Waals surface area (Å²) < 4.78 is 10.7. The van der Waals surface area contributed by atoms with Gasteiger partial charge in [-0.3, -0.25) is 0 Å². The molecule has 3 nitrogen and oxygen atoms in total. The summed E-state index contributed by atoms with van der Waals surface area (Å²) in [6, 6.07) is 0. The van der Waals surface area contributed by atoms with Crippen molar-refractivity contribution in [1.29, 1.82) is 0 Å². The molecule has 0 bridgehead atoms. The SMILES string of the molecule is COCCC(C)OCC1(N)CCCC1. The van der Waals surface area contributed by atoms with E-state index in [4.69, 9.17) is 15.2 Å². The molecule has 3 heteroatoms. The van der Waals surface area contributed by atoms with Crippen LogP contribution < -0.4 is 5.73 Å². The fourth-order valence-electron chi connectivity index (χ4n) is 1.90. The van der Waals surface area contributed by atoms with Crippen LogP contribution in [0.2, 0.25) is 0 Å². The molecule has 0 aliphatic heterocycles. The third kappa shape index (κ3) is 3.95. The van der Waals surface area contributed by atoms with Gasteiger partial charge in [0.15, 0.2) is 0 Å². The van der Waals surface area contributed by atoms with Crippen molar-refractivity contribution in [1.82, 2.24) is 0 Å². The van der Waals surface area contributed by atoms with Gasteiger partial charge in [-0.15, -0.1) is 0 Å². The molecular weight excluding hydrogens is 178 g/mol. The third-order valence-electron chi connectivity index (χ3n) is 2.98. The smallest absolute Gasteiger partial charge is 0.0649 e. The molecule has 0 spiro atoms. The molecule has 1 aliphatic rings. The van der Waals surface area contributed by atoms with Crippen LogP contribution in [0.3, 0.4) is 0 Å². The van der Waals surface area contributed by atoms with Gasteiger partial charge in [0.25, 0.3) is 0 Å². The summed E-state index contributed by atoms with van der Waals surface area (Å²) in [5.41, 5.74) is 6.14. The number of rotatable bonds is 6. The Labute approximate surface area is 86.9 Å². The van der Waals surface area contributed by atoms with Crippen LogP contribution in [0.25, 0.3) is 0 Å². The first-order valence-electron chi connectivity index (χ1n) is 5.56. The number of ether oxygens (including phenoxy) is 2. The lowest BCUT2D eigenvalue weighted by Gasteiger charge is -2.25. The predicted molar refractivity (Wildman–Crippen MR) is 57.3 cm³/mol. The second-order valence-corrected chi connectivity index (χ2v) is 4.47. The van der Waals surface area contributed by atoms with Gasteiger partial charge in [-0.2, -0.15) is 0 Å². The topological polar surface area (TPSA) is 44.5 Å². The Morgan fingerprint density at radius 3 is 2.57 bits per heavy atom. The predicted octanol–water partition coefficient (Wildman–Crippen LogP) is 1.70. The molecule has 0 aromatic heterocycles. The lowest BCUT2D eigenvalue weighted by Crippen LogP contribution is -2.42. The van der Waals surface area contributed by atoms with Crippen molar-refractivity contribution in [3.8, 4) is 0 Å². The summed E-state index contributed by atoms with van der Waals surface area (Å²) in [6.07, 6.45) is 5.95. The fourth-order valence-corrected chi connectivity index (χ4v) is 1.90. The van der Waals surface area contributed by atoms with Gasteiger partial charge in [0, 0.05) is 19.3 Å². The molecule has 0 radical (unpaired) electrons. The molecule has 0 saturated heterocycles. The van der Waals surface area contributed by atoms with E-state index in [1.54, 1.807) is 7.11 Å². The van der Waals surface area contributed by atoms with Crippen LogP contribution in [0.4, 0.5) is 0 Å². The van der Waals surface area contributed by atoms with Crippen LogP contribution in [-0.4, -0.2) is 32.0 Å². The maximum Gasteiger partial charge on any atom is 0.0649 e. The van der Waals surface area contributed by atoms with E-state index >= 15 is 0 Å².